The van der Waals surface area contributed by atoms with Crippen molar-refractivity contribution >= 4 is 11.9 Å². The summed E-state index contributed by atoms with van der Waals surface area (Å²) in [6.07, 6.45) is -10.6. The summed E-state index contributed by atoms with van der Waals surface area (Å²) in [5.41, 5.74) is 0.878. The van der Waals surface area contributed by atoms with Gasteiger partial charge < -0.3 is 14.4 Å². The molecule has 0 bridgehead atoms. The highest BCUT2D eigenvalue weighted by Crippen LogP contribution is 2.44. The molecule has 1 aromatic carbocycles. The number of hydrogen-bond acceptors (Lipinski definition) is 8. The number of hydrogen-bond donors (Lipinski definition) is 1. The van der Waals surface area contributed by atoms with E-state index in [0.717, 1.165) is 31.1 Å². The number of benzene rings is 1. The Morgan fingerprint density at radius 3 is 2.50 bits per heavy atom. The predicted octanol–water partition coefficient (Wildman–Crippen LogP) is 5.78. The summed E-state index contributed by atoms with van der Waals surface area (Å²) < 4.78 is 92.9. The number of carbonyl (C=O) groups is 1. The highest BCUT2D eigenvalue weighted by atomic mass is 19.4. The standard InChI is InChI=1S/C30H29F6N7O3/c1-16-27(18-12-19(29(31,32)33)14-20(13-18)30(34,35)36)46-28(44)43(16)15-23-21(5-7-26(37-23)42-8-3-9-42)22-10-17(4-6-24(22)45-2)11-25-38-40-41-39-25/h4-7,10,12-13,16,19,27H,3,8-9,11,14-15H2,1-2H3,(H,38,39,40,41). The number of nitrogens with zero attached hydrogens (tertiary/aromatic N) is 6. The van der Waals surface area contributed by atoms with E-state index in [9.17, 15) is 31.1 Å². The van der Waals surface area contributed by atoms with Crippen molar-refractivity contribution in [1.82, 2.24) is 30.5 Å². The van der Waals surface area contributed by atoms with Crippen molar-refractivity contribution in [3.8, 4) is 16.9 Å². The summed E-state index contributed by atoms with van der Waals surface area (Å²) >= 11 is 0. The molecule has 3 aromatic rings. The van der Waals surface area contributed by atoms with Gasteiger partial charge in [-0.25, -0.2) is 9.78 Å². The van der Waals surface area contributed by atoms with Crippen molar-refractivity contribution in [2.75, 3.05) is 25.1 Å². The van der Waals surface area contributed by atoms with Gasteiger partial charge >= 0.3 is 18.4 Å². The number of allylic oxidation sites excluding steroid dienone is 2. The third kappa shape index (κ3) is 6.24. The minimum Gasteiger partial charge on any atom is -0.496 e. The number of aromatic amines is 1. The minimum atomic E-state index is -4.97. The number of alkyl halides is 6. The Balaban J connectivity index is 1.35. The molecule has 1 amide bonds. The minimum absolute atomic E-state index is 0.127. The molecule has 1 aliphatic carbocycles. The summed E-state index contributed by atoms with van der Waals surface area (Å²) in [7, 11) is 1.51. The number of H-pyrrole nitrogens is 1. The van der Waals surface area contributed by atoms with Crippen LogP contribution in [0, 0.1) is 5.92 Å². The van der Waals surface area contributed by atoms with E-state index in [1.807, 2.05) is 24.3 Å². The van der Waals surface area contributed by atoms with Crippen LogP contribution in [0.25, 0.3) is 11.1 Å². The van der Waals surface area contributed by atoms with Crippen molar-refractivity contribution < 1.29 is 40.6 Å². The van der Waals surface area contributed by atoms with Crippen LogP contribution in [0.4, 0.5) is 37.0 Å². The Labute approximate surface area is 259 Å². The molecule has 244 valence electrons. The molecule has 3 aliphatic rings. The number of cyclic esters (lactones) is 1. The second-order valence-electron chi connectivity index (χ2n) is 11.4. The second-order valence-corrected chi connectivity index (χ2v) is 11.4. The summed E-state index contributed by atoms with van der Waals surface area (Å²) in [5, 5.41) is 14.0. The summed E-state index contributed by atoms with van der Waals surface area (Å²) in [6.45, 7) is 2.99. The second kappa shape index (κ2) is 11.9. The molecule has 0 saturated carbocycles. The first-order valence-corrected chi connectivity index (χ1v) is 14.5. The fourth-order valence-electron chi connectivity index (χ4n) is 5.83. The van der Waals surface area contributed by atoms with Gasteiger partial charge in [-0.2, -0.15) is 31.6 Å². The van der Waals surface area contributed by atoms with Crippen LogP contribution in [0.2, 0.25) is 0 Å². The van der Waals surface area contributed by atoms with Crippen LogP contribution in [0.3, 0.4) is 0 Å². The molecule has 0 spiro atoms. The van der Waals surface area contributed by atoms with E-state index in [2.05, 4.69) is 25.5 Å². The van der Waals surface area contributed by atoms with E-state index in [1.165, 1.54) is 18.9 Å². The first-order chi connectivity index (χ1) is 21.8. The molecule has 16 heteroatoms. The molecule has 2 aromatic heterocycles. The Hall–Kier alpha value is -4.63. The van der Waals surface area contributed by atoms with Crippen LogP contribution in [-0.2, 0) is 17.7 Å². The first-order valence-electron chi connectivity index (χ1n) is 14.5. The number of amides is 1. The molecule has 4 heterocycles. The van der Waals surface area contributed by atoms with E-state index in [1.54, 1.807) is 6.07 Å². The van der Waals surface area contributed by atoms with E-state index >= 15 is 0 Å². The zero-order valence-electron chi connectivity index (χ0n) is 24.7. The van der Waals surface area contributed by atoms with Crippen LogP contribution in [0.5, 0.6) is 5.75 Å². The maximum Gasteiger partial charge on any atom is 0.412 e. The predicted molar refractivity (Wildman–Crippen MR) is 152 cm³/mol. The van der Waals surface area contributed by atoms with Gasteiger partial charge in [0.1, 0.15) is 17.7 Å². The quantitative estimate of drug-likeness (QED) is 0.306. The molecule has 0 radical (unpaired) electrons. The van der Waals surface area contributed by atoms with E-state index < -0.39 is 48.5 Å². The van der Waals surface area contributed by atoms with Crippen LogP contribution in [0.1, 0.15) is 36.8 Å². The Kier molecular flexibility index (Phi) is 8.14. The molecule has 2 aliphatic heterocycles. The van der Waals surface area contributed by atoms with Crippen molar-refractivity contribution in [2.45, 2.75) is 57.2 Å². The van der Waals surface area contributed by atoms with E-state index in [-0.39, 0.29) is 12.1 Å². The normalized spacial score (nSPS) is 21.9. The number of nitrogens with one attached hydrogen (secondary N) is 1. The number of carbonyl (C=O) groups excluding carboxylic acids is 1. The number of pyridine rings is 1. The van der Waals surface area contributed by atoms with Gasteiger partial charge in [0.25, 0.3) is 0 Å². The molecule has 2 saturated heterocycles. The van der Waals surface area contributed by atoms with Crippen molar-refractivity contribution in [3.63, 3.8) is 0 Å². The van der Waals surface area contributed by atoms with Gasteiger partial charge in [-0.15, -0.1) is 10.2 Å². The lowest BCUT2D eigenvalue weighted by Gasteiger charge is -2.33. The summed E-state index contributed by atoms with van der Waals surface area (Å²) in [4.78, 5) is 21.4. The zero-order valence-corrected chi connectivity index (χ0v) is 24.7. The molecule has 46 heavy (non-hydrogen) atoms. The lowest BCUT2D eigenvalue weighted by molar-refractivity contribution is -0.166. The van der Waals surface area contributed by atoms with Gasteiger partial charge in [0, 0.05) is 36.2 Å². The van der Waals surface area contributed by atoms with Gasteiger partial charge in [0.2, 0.25) is 0 Å². The molecule has 3 atom stereocenters. The zero-order chi connectivity index (χ0) is 32.8. The van der Waals surface area contributed by atoms with E-state index in [0.29, 0.717) is 46.7 Å². The smallest absolute Gasteiger partial charge is 0.412 e. The maximum atomic E-state index is 13.6. The van der Waals surface area contributed by atoms with E-state index in [4.69, 9.17) is 14.5 Å². The highest BCUT2D eigenvalue weighted by Gasteiger charge is 2.48. The van der Waals surface area contributed by atoms with Gasteiger partial charge in [-0.1, -0.05) is 17.4 Å². The molecule has 10 nitrogen and oxygen atoms in total. The number of ether oxygens (including phenoxy) is 2. The van der Waals surface area contributed by atoms with Crippen LogP contribution in [0.15, 0.2) is 53.6 Å². The van der Waals surface area contributed by atoms with Gasteiger partial charge in [0.05, 0.1) is 31.3 Å². The monoisotopic (exact) mass is 649 g/mol. The van der Waals surface area contributed by atoms with Crippen molar-refractivity contribution in [3.05, 3.63) is 70.7 Å². The average Bonchev–Trinajstić information content (AvgIpc) is 3.59. The SMILES string of the molecule is COc1ccc(Cc2nn[nH]n2)cc1-c1ccc(N2CCC2)nc1CN1C(=O)OC(C2=CC(C(F)(F)F)CC(C(F)(F)F)=C2)C1C. The fourth-order valence-corrected chi connectivity index (χ4v) is 5.83. The third-order valence-electron chi connectivity index (χ3n) is 8.44. The first kappa shape index (κ1) is 31.4. The Morgan fingerprint density at radius 1 is 1.09 bits per heavy atom. The number of halogens is 6. The lowest BCUT2D eigenvalue weighted by atomic mass is 9.86. The van der Waals surface area contributed by atoms with Gasteiger partial charge in [-0.3, -0.25) is 4.90 Å². The third-order valence-corrected chi connectivity index (χ3v) is 8.44. The number of methoxy groups -OCH3 is 1. The van der Waals surface area contributed by atoms with Crippen LogP contribution >= 0.6 is 0 Å². The molecule has 3 unspecified atom stereocenters. The highest BCUT2D eigenvalue weighted by molar-refractivity contribution is 5.76. The Bertz CT molecular complexity index is 1670. The fraction of sp³-hybridized carbons (Fsp3) is 0.433. The topological polar surface area (TPSA) is 109 Å². The molecule has 6 rings (SSSR count). The Morgan fingerprint density at radius 2 is 1.87 bits per heavy atom. The van der Waals surface area contributed by atoms with Crippen LogP contribution in [-0.4, -0.2) is 81.3 Å². The number of anilines is 1. The van der Waals surface area contributed by atoms with Crippen LogP contribution < -0.4 is 9.64 Å². The summed E-state index contributed by atoms with van der Waals surface area (Å²) in [6, 6.07) is 8.29. The number of aromatic nitrogens is 5. The average molecular weight is 650 g/mol. The molecule has 1 N–H and O–H groups in total. The largest absolute Gasteiger partial charge is 0.496 e. The summed E-state index contributed by atoms with van der Waals surface area (Å²) in [5.74, 6) is -0.709. The number of tetrazole rings is 1. The lowest BCUT2D eigenvalue weighted by Crippen LogP contribution is -2.38. The molecule has 2 fully saturated rings. The van der Waals surface area contributed by atoms with Gasteiger partial charge in [0.15, 0.2) is 5.82 Å². The van der Waals surface area contributed by atoms with Crippen molar-refractivity contribution in [2.24, 2.45) is 5.92 Å². The molecular weight excluding hydrogens is 620 g/mol. The molecular formula is C30H29F6N7O3. The maximum absolute atomic E-state index is 13.6. The number of rotatable bonds is 8. The van der Waals surface area contributed by atoms with Crippen molar-refractivity contribution in [1.29, 1.82) is 0 Å². The van der Waals surface area contributed by atoms with Gasteiger partial charge in [-0.05, 0) is 61.2 Å².